The van der Waals surface area contributed by atoms with Crippen LogP contribution in [-0.4, -0.2) is 29.7 Å². The summed E-state index contributed by atoms with van der Waals surface area (Å²) in [6.45, 7) is 0. The van der Waals surface area contributed by atoms with Crippen molar-refractivity contribution >= 4 is 39.4 Å². The highest BCUT2D eigenvalue weighted by Crippen LogP contribution is 2.38. The van der Waals surface area contributed by atoms with E-state index in [9.17, 15) is 4.79 Å². The lowest BCUT2D eigenvalue weighted by atomic mass is 10.1. The van der Waals surface area contributed by atoms with Gasteiger partial charge < -0.3 is 14.0 Å². The van der Waals surface area contributed by atoms with Crippen molar-refractivity contribution in [2.45, 2.75) is 0 Å². The molecule has 0 unspecified atom stereocenters. The van der Waals surface area contributed by atoms with Gasteiger partial charge in [0.25, 0.3) is 0 Å². The first kappa shape index (κ1) is 17.4. The Hall–Kier alpha value is -3.05. The van der Waals surface area contributed by atoms with Gasteiger partial charge in [-0.15, -0.1) is 0 Å². The van der Waals surface area contributed by atoms with Crippen molar-refractivity contribution in [1.82, 2.24) is 9.55 Å². The van der Waals surface area contributed by atoms with Crippen molar-refractivity contribution in [3.05, 3.63) is 59.2 Å². The van der Waals surface area contributed by atoms with Crippen LogP contribution in [0.3, 0.4) is 0 Å². The van der Waals surface area contributed by atoms with E-state index in [4.69, 9.17) is 21.1 Å². The highest BCUT2D eigenvalue weighted by atomic mass is 35.5. The summed E-state index contributed by atoms with van der Waals surface area (Å²) in [7, 11) is 4.93. The molecule has 0 saturated heterocycles. The lowest BCUT2D eigenvalue weighted by molar-refractivity contribution is 0.0594. The minimum atomic E-state index is -0.493. The molecule has 0 aliphatic rings. The molecule has 6 heteroatoms. The van der Waals surface area contributed by atoms with E-state index in [1.165, 1.54) is 7.11 Å². The van der Waals surface area contributed by atoms with Crippen molar-refractivity contribution in [2.24, 2.45) is 7.05 Å². The van der Waals surface area contributed by atoms with Crippen LogP contribution in [-0.2, 0) is 11.8 Å². The fraction of sp³-hybridized carbons (Fsp3) is 0.143. The molecule has 0 saturated carbocycles. The fourth-order valence-electron chi connectivity index (χ4n) is 3.46. The molecule has 136 valence electrons. The van der Waals surface area contributed by atoms with Gasteiger partial charge in [0, 0.05) is 33.9 Å². The highest BCUT2D eigenvalue weighted by Gasteiger charge is 2.21. The first-order valence-electron chi connectivity index (χ1n) is 8.35. The van der Waals surface area contributed by atoms with Crippen molar-refractivity contribution in [2.75, 3.05) is 14.2 Å². The number of halogens is 1. The Balaban J connectivity index is 2.19. The van der Waals surface area contributed by atoms with E-state index in [0.717, 1.165) is 27.4 Å². The van der Waals surface area contributed by atoms with Crippen molar-refractivity contribution in [1.29, 1.82) is 0 Å². The number of carbonyl (C=O) groups is 1. The zero-order valence-corrected chi connectivity index (χ0v) is 15.9. The first-order chi connectivity index (χ1) is 13.0. The molecule has 0 bridgehead atoms. The minimum absolute atomic E-state index is 0.235. The Morgan fingerprint density at radius 1 is 1.07 bits per heavy atom. The minimum Gasteiger partial charge on any atom is -0.496 e. The molecule has 0 spiro atoms. The van der Waals surface area contributed by atoms with E-state index in [1.54, 1.807) is 13.2 Å². The summed E-state index contributed by atoms with van der Waals surface area (Å²) in [5, 5.41) is 2.46. The molecule has 27 heavy (non-hydrogen) atoms. The molecular formula is C21H17ClN2O3. The summed E-state index contributed by atoms with van der Waals surface area (Å²) in [6.07, 6.45) is 0. The molecule has 0 aliphatic carbocycles. The van der Waals surface area contributed by atoms with Crippen molar-refractivity contribution in [3.63, 3.8) is 0 Å². The number of hydrogen-bond acceptors (Lipinski definition) is 4. The van der Waals surface area contributed by atoms with Crippen molar-refractivity contribution in [3.8, 4) is 17.0 Å². The van der Waals surface area contributed by atoms with Gasteiger partial charge in [-0.05, 0) is 36.4 Å². The molecule has 5 nitrogen and oxygen atoms in total. The SMILES string of the molecule is COC(=O)c1cc2c3cc(Cl)ccc3n(C)c2c(-c2ccccc2OC)n1. The maximum absolute atomic E-state index is 12.3. The summed E-state index contributed by atoms with van der Waals surface area (Å²) < 4.78 is 12.5. The Bertz CT molecular complexity index is 1200. The van der Waals surface area contributed by atoms with Crippen LogP contribution in [0.4, 0.5) is 0 Å². The maximum Gasteiger partial charge on any atom is 0.356 e. The van der Waals surface area contributed by atoms with Gasteiger partial charge in [0.2, 0.25) is 0 Å². The van der Waals surface area contributed by atoms with Crippen LogP contribution in [0.25, 0.3) is 33.1 Å². The average Bonchev–Trinajstić information content (AvgIpc) is 2.98. The third-order valence-electron chi connectivity index (χ3n) is 4.69. The number of pyridine rings is 1. The summed E-state index contributed by atoms with van der Waals surface area (Å²) in [4.78, 5) is 16.9. The Labute approximate surface area is 161 Å². The molecule has 0 radical (unpaired) electrons. The van der Waals surface area contributed by atoms with Gasteiger partial charge in [0.1, 0.15) is 11.4 Å². The summed E-state index contributed by atoms with van der Waals surface area (Å²) in [5.41, 5.74) is 3.57. The zero-order chi connectivity index (χ0) is 19.1. The van der Waals surface area contributed by atoms with Crippen LogP contribution >= 0.6 is 11.6 Å². The lowest BCUT2D eigenvalue weighted by Gasteiger charge is -2.11. The molecule has 0 amide bonds. The Morgan fingerprint density at radius 2 is 1.85 bits per heavy atom. The molecule has 4 rings (SSSR count). The van der Waals surface area contributed by atoms with Crippen LogP contribution in [0.5, 0.6) is 5.75 Å². The maximum atomic E-state index is 12.3. The molecular weight excluding hydrogens is 364 g/mol. The third-order valence-corrected chi connectivity index (χ3v) is 4.93. The van der Waals surface area contributed by atoms with E-state index >= 15 is 0 Å². The number of para-hydroxylation sites is 1. The van der Waals surface area contributed by atoms with Gasteiger partial charge in [-0.2, -0.15) is 0 Å². The second-order valence-corrected chi connectivity index (χ2v) is 6.60. The predicted molar refractivity (Wildman–Crippen MR) is 107 cm³/mol. The quantitative estimate of drug-likeness (QED) is 0.477. The van der Waals surface area contributed by atoms with Crippen molar-refractivity contribution < 1.29 is 14.3 Å². The van der Waals surface area contributed by atoms with Gasteiger partial charge in [-0.3, -0.25) is 0 Å². The van der Waals surface area contributed by atoms with Gasteiger partial charge in [-0.1, -0.05) is 23.7 Å². The Kier molecular flexibility index (Phi) is 4.24. The lowest BCUT2D eigenvalue weighted by Crippen LogP contribution is -2.06. The summed E-state index contributed by atoms with van der Waals surface area (Å²) in [5.74, 6) is 0.184. The van der Waals surface area contributed by atoms with Crippen LogP contribution in [0.15, 0.2) is 48.5 Å². The number of methoxy groups -OCH3 is 2. The molecule has 2 heterocycles. The number of esters is 1. The molecule has 2 aromatic heterocycles. The number of aryl methyl sites for hydroxylation is 1. The topological polar surface area (TPSA) is 53.4 Å². The fourth-order valence-corrected chi connectivity index (χ4v) is 3.63. The number of nitrogens with zero attached hydrogens (tertiary/aromatic N) is 2. The number of ether oxygens (including phenoxy) is 2. The number of benzene rings is 2. The molecule has 0 aliphatic heterocycles. The highest BCUT2D eigenvalue weighted by molar-refractivity contribution is 6.32. The molecule has 4 aromatic rings. The van der Waals surface area contributed by atoms with Gasteiger partial charge in [0.15, 0.2) is 0 Å². The molecule has 0 N–H and O–H groups in total. The standard InChI is InChI=1S/C21H17ClN2O3/c1-24-17-9-8-12(22)10-14(17)15-11-16(21(25)27-3)23-19(20(15)24)13-6-4-5-7-18(13)26-2/h4-11H,1-3H3. The first-order valence-corrected chi connectivity index (χ1v) is 8.73. The monoisotopic (exact) mass is 380 g/mol. The molecule has 2 aromatic carbocycles. The predicted octanol–water partition coefficient (Wildman–Crippen LogP) is 4.84. The normalized spacial score (nSPS) is 11.1. The van der Waals surface area contributed by atoms with E-state index in [1.807, 2.05) is 49.5 Å². The van der Waals surface area contributed by atoms with E-state index in [2.05, 4.69) is 9.55 Å². The number of fused-ring (bicyclic) bond motifs is 3. The largest absolute Gasteiger partial charge is 0.496 e. The molecule has 0 atom stereocenters. The van der Waals surface area contributed by atoms with Crippen LogP contribution < -0.4 is 4.74 Å². The van der Waals surface area contributed by atoms with Crippen LogP contribution in [0.1, 0.15) is 10.5 Å². The second kappa shape index (κ2) is 6.59. The van der Waals surface area contributed by atoms with E-state index in [0.29, 0.717) is 16.5 Å². The molecule has 0 fully saturated rings. The summed E-state index contributed by atoms with van der Waals surface area (Å²) in [6, 6.07) is 15.0. The van der Waals surface area contributed by atoms with Gasteiger partial charge >= 0.3 is 5.97 Å². The van der Waals surface area contributed by atoms with Crippen LogP contribution in [0, 0.1) is 0 Å². The van der Waals surface area contributed by atoms with Gasteiger partial charge in [0.05, 0.1) is 25.4 Å². The van der Waals surface area contributed by atoms with Gasteiger partial charge in [-0.25, -0.2) is 9.78 Å². The Morgan fingerprint density at radius 3 is 2.59 bits per heavy atom. The number of hydrogen-bond donors (Lipinski definition) is 0. The summed E-state index contributed by atoms with van der Waals surface area (Å²) >= 11 is 6.23. The van der Waals surface area contributed by atoms with E-state index in [-0.39, 0.29) is 5.69 Å². The second-order valence-electron chi connectivity index (χ2n) is 6.16. The number of rotatable bonds is 3. The van der Waals surface area contributed by atoms with E-state index < -0.39 is 5.97 Å². The van der Waals surface area contributed by atoms with Crippen LogP contribution in [0.2, 0.25) is 5.02 Å². The smallest absolute Gasteiger partial charge is 0.356 e. The number of aromatic nitrogens is 2. The zero-order valence-electron chi connectivity index (χ0n) is 15.1. The third kappa shape index (κ3) is 2.71. The average molecular weight is 381 g/mol. The number of carbonyl (C=O) groups excluding carboxylic acids is 1.